The number of amides is 1. The van der Waals surface area contributed by atoms with Crippen LogP contribution in [0.5, 0.6) is 0 Å². The molecule has 0 aromatic carbocycles. The first-order valence-corrected chi connectivity index (χ1v) is 6.76. The SMILES string of the molecule is CCC(C)(NCC(=O)N1CCCCCC1)C(=O)O. The molecule has 2 N–H and O–H groups in total. The summed E-state index contributed by atoms with van der Waals surface area (Å²) in [5.41, 5.74) is -1.01. The van der Waals surface area contributed by atoms with E-state index in [0.717, 1.165) is 25.9 Å². The summed E-state index contributed by atoms with van der Waals surface area (Å²) < 4.78 is 0. The molecule has 0 spiro atoms. The van der Waals surface area contributed by atoms with E-state index in [1.807, 2.05) is 4.90 Å². The summed E-state index contributed by atoms with van der Waals surface area (Å²) in [5.74, 6) is -0.897. The Morgan fingerprint density at radius 3 is 2.22 bits per heavy atom. The topological polar surface area (TPSA) is 69.6 Å². The fourth-order valence-corrected chi connectivity index (χ4v) is 2.05. The molecule has 0 aromatic rings. The number of likely N-dealkylation sites (tertiary alicyclic amines) is 1. The van der Waals surface area contributed by atoms with Gasteiger partial charge in [-0.2, -0.15) is 0 Å². The van der Waals surface area contributed by atoms with Crippen LogP contribution in [0.25, 0.3) is 0 Å². The summed E-state index contributed by atoms with van der Waals surface area (Å²) in [7, 11) is 0. The highest BCUT2D eigenvalue weighted by Gasteiger charge is 2.31. The lowest BCUT2D eigenvalue weighted by Gasteiger charge is -2.27. The molecule has 18 heavy (non-hydrogen) atoms. The predicted molar refractivity (Wildman–Crippen MR) is 69.4 cm³/mol. The summed E-state index contributed by atoms with van der Waals surface area (Å²) in [5, 5.41) is 12.0. The van der Waals surface area contributed by atoms with Crippen LogP contribution < -0.4 is 5.32 Å². The van der Waals surface area contributed by atoms with Gasteiger partial charge in [0.25, 0.3) is 0 Å². The van der Waals surface area contributed by atoms with Gasteiger partial charge in [-0.05, 0) is 26.2 Å². The Hall–Kier alpha value is -1.10. The van der Waals surface area contributed by atoms with Crippen LogP contribution in [-0.2, 0) is 9.59 Å². The fourth-order valence-electron chi connectivity index (χ4n) is 2.05. The Morgan fingerprint density at radius 2 is 1.78 bits per heavy atom. The van der Waals surface area contributed by atoms with Crippen molar-refractivity contribution in [2.24, 2.45) is 0 Å². The van der Waals surface area contributed by atoms with Crippen LogP contribution in [0.4, 0.5) is 0 Å². The molecule has 0 aromatic heterocycles. The van der Waals surface area contributed by atoms with Gasteiger partial charge in [-0.25, -0.2) is 0 Å². The van der Waals surface area contributed by atoms with Gasteiger partial charge in [0, 0.05) is 13.1 Å². The van der Waals surface area contributed by atoms with Gasteiger partial charge in [-0.3, -0.25) is 14.9 Å². The summed E-state index contributed by atoms with van der Waals surface area (Å²) in [6.07, 6.45) is 4.92. The molecule has 0 saturated carbocycles. The van der Waals surface area contributed by atoms with Crippen molar-refractivity contribution >= 4 is 11.9 Å². The number of nitrogens with one attached hydrogen (secondary N) is 1. The van der Waals surface area contributed by atoms with E-state index in [1.54, 1.807) is 13.8 Å². The highest BCUT2D eigenvalue weighted by atomic mass is 16.4. The van der Waals surface area contributed by atoms with Gasteiger partial charge in [0.05, 0.1) is 6.54 Å². The molecule has 104 valence electrons. The third-order valence-electron chi connectivity index (χ3n) is 3.77. The Bertz CT molecular complexity index is 299. The number of hydrogen-bond acceptors (Lipinski definition) is 3. The molecule has 0 radical (unpaired) electrons. The molecule has 0 aliphatic carbocycles. The third-order valence-corrected chi connectivity index (χ3v) is 3.77. The standard InChI is InChI=1S/C13H24N2O3/c1-3-13(2,12(17)18)14-10-11(16)15-8-6-4-5-7-9-15/h14H,3-10H2,1-2H3,(H,17,18). The maximum atomic E-state index is 12.0. The molecule has 1 heterocycles. The van der Waals surface area contributed by atoms with Gasteiger partial charge in [-0.1, -0.05) is 19.8 Å². The fraction of sp³-hybridized carbons (Fsp3) is 0.846. The molecule has 0 bridgehead atoms. The van der Waals surface area contributed by atoms with Crippen molar-refractivity contribution in [2.75, 3.05) is 19.6 Å². The Labute approximate surface area is 109 Å². The quantitative estimate of drug-likeness (QED) is 0.776. The average molecular weight is 256 g/mol. The smallest absolute Gasteiger partial charge is 0.323 e. The molecule has 5 nitrogen and oxygen atoms in total. The molecule has 1 amide bonds. The molecule has 1 aliphatic heterocycles. The summed E-state index contributed by atoms with van der Waals surface area (Å²) in [4.78, 5) is 25.0. The molecular weight excluding hydrogens is 232 g/mol. The van der Waals surface area contributed by atoms with Crippen molar-refractivity contribution in [2.45, 2.75) is 51.5 Å². The number of rotatable bonds is 5. The summed E-state index contributed by atoms with van der Waals surface area (Å²) in [6, 6.07) is 0. The van der Waals surface area contributed by atoms with E-state index < -0.39 is 11.5 Å². The Balaban J connectivity index is 2.46. The lowest BCUT2D eigenvalue weighted by Crippen LogP contribution is -2.52. The number of carboxylic acids is 1. The molecule has 1 unspecified atom stereocenters. The summed E-state index contributed by atoms with van der Waals surface area (Å²) in [6.45, 7) is 5.13. The van der Waals surface area contributed by atoms with Gasteiger partial charge < -0.3 is 10.0 Å². The van der Waals surface area contributed by atoms with Crippen molar-refractivity contribution < 1.29 is 14.7 Å². The number of nitrogens with zero attached hydrogens (tertiary/aromatic N) is 1. The number of aliphatic carboxylic acids is 1. The normalized spacial score (nSPS) is 20.0. The van der Waals surface area contributed by atoms with Crippen molar-refractivity contribution in [3.05, 3.63) is 0 Å². The molecule has 1 atom stereocenters. The Kier molecular flexibility index (Phi) is 5.59. The lowest BCUT2D eigenvalue weighted by molar-refractivity contribution is -0.144. The minimum atomic E-state index is -1.01. The number of carbonyl (C=O) groups excluding carboxylic acids is 1. The van der Waals surface area contributed by atoms with Crippen molar-refractivity contribution in [1.82, 2.24) is 10.2 Å². The van der Waals surface area contributed by atoms with Crippen molar-refractivity contribution in [3.8, 4) is 0 Å². The van der Waals surface area contributed by atoms with Gasteiger partial charge in [-0.15, -0.1) is 0 Å². The monoisotopic (exact) mass is 256 g/mol. The molecule has 1 rings (SSSR count). The second kappa shape index (κ2) is 6.73. The van der Waals surface area contributed by atoms with E-state index in [4.69, 9.17) is 5.11 Å². The van der Waals surface area contributed by atoms with Crippen LogP contribution in [0.2, 0.25) is 0 Å². The molecular formula is C13H24N2O3. The van der Waals surface area contributed by atoms with Crippen LogP contribution >= 0.6 is 0 Å². The van der Waals surface area contributed by atoms with Crippen LogP contribution in [-0.4, -0.2) is 47.1 Å². The zero-order valence-corrected chi connectivity index (χ0v) is 11.4. The van der Waals surface area contributed by atoms with Gasteiger partial charge in [0.1, 0.15) is 5.54 Å². The lowest BCUT2D eigenvalue weighted by atomic mass is 9.99. The van der Waals surface area contributed by atoms with Crippen LogP contribution in [0, 0.1) is 0 Å². The first-order valence-electron chi connectivity index (χ1n) is 6.76. The van der Waals surface area contributed by atoms with E-state index in [9.17, 15) is 9.59 Å². The molecule has 5 heteroatoms. The van der Waals surface area contributed by atoms with Gasteiger partial charge in [0.2, 0.25) is 5.91 Å². The first kappa shape index (κ1) is 15.0. The largest absolute Gasteiger partial charge is 0.480 e. The zero-order chi connectivity index (χ0) is 13.6. The highest BCUT2D eigenvalue weighted by molar-refractivity contribution is 5.82. The third kappa shape index (κ3) is 3.98. The Morgan fingerprint density at radius 1 is 1.22 bits per heavy atom. The highest BCUT2D eigenvalue weighted by Crippen LogP contribution is 2.11. The van der Waals surface area contributed by atoms with E-state index in [0.29, 0.717) is 6.42 Å². The molecule has 1 aliphatic rings. The second-order valence-electron chi connectivity index (χ2n) is 5.14. The predicted octanol–water partition coefficient (Wildman–Crippen LogP) is 1.23. The first-order chi connectivity index (χ1) is 8.49. The number of hydrogen-bond donors (Lipinski definition) is 2. The van der Waals surface area contributed by atoms with E-state index in [-0.39, 0.29) is 12.5 Å². The zero-order valence-electron chi connectivity index (χ0n) is 11.4. The van der Waals surface area contributed by atoms with Crippen LogP contribution in [0.15, 0.2) is 0 Å². The number of carbonyl (C=O) groups is 2. The van der Waals surface area contributed by atoms with Crippen LogP contribution in [0.3, 0.4) is 0 Å². The van der Waals surface area contributed by atoms with E-state index in [2.05, 4.69) is 5.32 Å². The minimum Gasteiger partial charge on any atom is -0.480 e. The molecule has 1 saturated heterocycles. The van der Waals surface area contributed by atoms with Crippen molar-refractivity contribution in [1.29, 1.82) is 0 Å². The van der Waals surface area contributed by atoms with E-state index >= 15 is 0 Å². The molecule has 1 fully saturated rings. The minimum absolute atomic E-state index is 0.0119. The summed E-state index contributed by atoms with van der Waals surface area (Å²) >= 11 is 0. The maximum absolute atomic E-state index is 12.0. The average Bonchev–Trinajstić information content (AvgIpc) is 2.64. The van der Waals surface area contributed by atoms with E-state index in [1.165, 1.54) is 12.8 Å². The van der Waals surface area contributed by atoms with Crippen LogP contribution in [0.1, 0.15) is 46.0 Å². The number of carboxylic acid groups (broad SMARTS) is 1. The maximum Gasteiger partial charge on any atom is 0.323 e. The van der Waals surface area contributed by atoms with Crippen molar-refractivity contribution in [3.63, 3.8) is 0 Å². The van der Waals surface area contributed by atoms with Gasteiger partial charge >= 0.3 is 5.97 Å². The van der Waals surface area contributed by atoms with Gasteiger partial charge in [0.15, 0.2) is 0 Å². The second-order valence-corrected chi connectivity index (χ2v) is 5.14.